The van der Waals surface area contributed by atoms with Crippen LogP contribution in [0.4, 0.5) is 0 Å². The molecule has 3 rings (SSSR count). The maximum absolute atomic E-state index is 11.8. The Morgan fingerprint density at radius 2 is 2.10 bits per heavy atom. The summed E-state index contributed by atoms with van der Waals surface area (Å²) in [5.74, 6) is 0.426. The van der Waals surface area contributed by atoms with Crippen LogP contribution in [0.2, 0.25) is 0 Å². The van der Waals surface area contributed by atoms with Crippen LogP contribution >= 0.6 is 0 Å². The van der Waals surface area contributed by atoms with Crippen molar-refractivity contribution in [3.63, 3.8) is 0 Å². The van der Waals surface area contributed by atoms with E-state index >= 15 is 0 Å². The number of aromatic hydroxyl groups is 1. The first-order chi connectivity index (χ1) is 10.2. The average Bonchev–Trinajstić information content (AvgIpc) is 3.08. The summed E-state index contributed by atoms with van der Waals surface area (Å²) in [4.78, 5) is 14.3. The van der Waals surface area contributed by atoms with Crippen molar-refractivity contribution in [2.45, 2.75) is 25.3 Å². The van der Waals surface area contributed by atoms with Crippen molar-refractivity contribution in [1.82, 2.24) is 4.90 Å². The highest BCUT2D eigenvalue weighted by molar-refractivity contribution is 5.87. The lowest BCUT2D eigenvalue weighted by Gasteiger charge is -2.19. The lowest BCUT2D eigenvalue weighted by atomic mass is 9.99. The molecule has 1 N–H and O–H groups in total. The van der Waals surface area contributed by atoms with Crippen molar-refractivity contribution in [1.29, 1.82) is 0 Å². The van der Waals surface area contributed by atoms with Crippen LogP contribution < -0.4 is 0 Å². The van der Waals surface area contributed by atoms with Gasteiger partial charge in [-0.25, -0.2) is 4.79 Å². The molecule has 4 nitrogen and oxygen atoms in total. The number of carbonyl (C=O) groups is 1. The van der Waals surface area contributed by atoms with Gasteiger partial charge in [0.15, 0.2) is 0 Å². The number of hydrogen-bond acceptors (Lipinski definition) is 4. The molecule has 2 fully saturated rings. The highest BCUT2D eigenvalue weighted by Crippen LogP contribution is 2.32. The van der Waals surface area contributed by atoms with Gasteiger partial charge >= 0.3 is 5.97 Å². The zero-order valence-corrected chi connectivity index (χ0v) is 12.1. The molecule has 2 atom stereocenters. The number of hydrogen-bond donors (Lipinski definition) is 1. The van der Waals surface area contributed by atoms with Gasteiger partial charge in [-0.1, -0.05) is 12.1 Å². The minimum Gasteiger partial charge on any atom is -0.508 e. The van der Waals surface area contributed by atoms with Gasteiger partial charge < -0.3 is 9.84 Å². The molecule has 2 heterocycles. The van der Waals surface area contributed by atoms with E-state index in [1.165, 1.54) is 25.5 Å². The number of fused-ring (bicyclic) bond motifs is 1. The van der Waals surface area contributed by atoms with Crippen LogP contribution in [0.3, 0.4) is 0 Å². The Morgan fingerprint density at radius 1 is 1.29 bits per heavy atom. The number of esters is 1. The summed E-state index contributed by atoms with van der Waals surface area (Å²) < 4.78 is 5.38. The van der Waals surface area contributed by atoms with Gasteiger partial charge in [0.05, 0.1) is 6.61 Å². The zero-order valence-electron chi connectivity index (χ0n) is 12.1. The fourth-order valence-corrected chi connectivity index (χ4v) is 3.37. The van der Waals surface area contributed by atoms with Crippen molar-refractivity contribution in [2.24, 2.45) is 5.92 Å². The maximum atomic E-state index is 11.8. The molecule has 2 saturated heterocycles. The quantitative estimate of drug-likeness (QED) is 0.682. The maximum Gasteiger partial charge on any atom is 0.330 e. The van der Waals surface area contributed by atoms with Gasteiger partial charge in [-0.3, -0.25) is 4.90 Å². The third kappa shape index (κ3) is 3.45. The number of nitrogens with zero attached hydrogens (tertiary/aromatic N) is 1. The minimum atomic E-state index is -0.292. The van der Waals surface area contributed by atoms with Gasteiger partial charge in [-0.15, -0.1) is 0 Å². The largest absolute Gasteiger partial charge is 0.508 e. The smallest absolute Gasteiger partial charge is 0.330 e. The molecule has 0 radical (unpaired) electrons. The van der Waals surface area contributed by atoms with Gasteiger partial charge in [0.2, 0.25) is 0 Å². The molecule has 1 aromatic rings. The molecule has 0 aliphatic carbocycles. The molecule has 112 valence electrons. The molecule has 0 spiro atoms. The van der Waals surface area contributed by atoms with Crippen molar-refractivity contribution < 1.29 is 14.6 Å². The van der Waals surface area contributed by atoms with E-state index < -0.39 is 0 Å². The monoisotopic (exact) mass is 287 g/mol. The van der Waals surface area contributed by atoms with E-state index in [4.69, 9.17) is 4.74 Å². The average molecular weight is 287 g/mol. The van der Waals surface area contributed by atoms with E-state index in [-0.39, 0.29) is 11.7 Å². The lowest BCUT2D eigenvalue weighted by Crippen LogP contribution is -2.28. The van der Waals surface area contributed by atoms with Crippen LogP contribution in [0, 0.1) is 5.92 Å². The third-order valence-electron chi connectivity index (χ3n) is 4.49. The molecule has 0 bridgehead atoms. The van der Waals surface area contributed by atoms with E-state index in [0.717, 1.165) is 18.5 Å². The van der Waals surface area contributed by atoms with E-state index in [1.807, 2.05) is 0 Å². The SMILES string of the molecule is O=C(/C=C/c1ccc(O)cc1)OCC1CCN2CCCC12. The van der Waals surface area contributed by atoms with E-state index in [1.54, 1.807) is 30.3 Å². The van der Waals surface area contributed by atoms with Crippen LogP contribution in [0.25, 0.3) is 6.08 Å². The van der Waals surface area contributed by atoms with Crippen LogP contribution in [0.1, 0.15) is 24.8 Å². The summed E-state index contributed by atoms with van der Waals surface area (Å²) in [5.41, 5.74) is 0.868. The number of phenols is 1. The van der Waals surface area contributed by atoms with Crippen molar-refractivity contribution in [3.8, 4) is 5.75 Å². The van der Waals surface area contributed by atoms with Crippen molar-refractivity contribution >= 4 is 12.0 Å². The highest BCUT2D eigenvalue weighted by atomic mass is 16.5. The minimum absolute atomic E-state index is 0.220. The zero-order chi connectivity index (χ0) is 14.7. The first-order valence-electron chi connectivity index (χ1n) is 7.60. The first kappa shape index (κ1) is 14.1. The standard InChI is InChI=1S/C17H21NO3/c19-15-6-3-13(4-7-15)5-8-17(20)21-12-14-9-11-18-10-1-2-16(14)18/h3-8,14,16,19H,1-2,9-12H2/b8-5+. The predicted molar refractivity (Wildman–Crippen MR) is 80.8 cm³/mol. The Balaban J connectivity index is 1.47. The summed E-state index contributed by atoms with van der Waals surface area (Å²) in [5, 5.41) is 9.19. The van der Waals surface area contributed by atoms with E-state index in [2.05, 4.69) is 4.90 Å². The Kier molecular flexibility index (Phi) is 4.25. The van der Waals surface area contributed by atoms with Gasteiger partial charge in [0, 0.05) is 18.0 Å². The number of carbonyl (C=O) groups excluding carboxylic acids is 1. The molecular formula is C17H21NO3. The topological polar surface area (TPSA) is 49.8 Å². The van der Waals surface area contributed by atoms with Crippen LogP contribution in [-0.2, 0) is 9.53 Å². The summed E-state index contributed by atoms with van der Waals surface area (Å²) >= 11 is 0. The van der Waals surface area contributed by atoms with E-state index in [0.29, 0.717) is 18.6 Å². The van der Waals surface area contributed by atoms with Crippen LogP contribution in [-0.4, -0.2) is 41.7 Å². The Hall–Kier alpha value is -1.81. The van der Waals surface area contributed by atoms with Crippen LogP contribution in [0.5, 0.6) is 5.75 Å². The Morgan fingerprint density at radius 3 is 2.90 bits per heavy atom. The van der Waals surface area contributed by atoms with Gasteiger partial charge in [-0.2, -0.15) is 0 Å². The van der Waals surface area contributed by atoms with Gasteiger partial charge in [0.25, 0.3) is 0 Å². The number of rotatable bonds is 4. The second-order valence-electron chi connectivity index (χ2n) is 5.85. The summed E-state index contributed by atoms with van der Waals surface area (Å²) in [6.45, 7) is 2.88. The second kappa shape index (κ2) is 6.31. The predicted octanol–water partition coefficient (Wildman–Crippen LogP) is 2.43. The summed E-state index contributed by atoms with van der Waals surface area (Å²) in [6.07, 6.45) is 6.81. The molecule has 21 heavy (non-hydrogen) atoms. The number of phenolic OH excluding ortho intramolecular Hbond substituents is 1. The number of benzene rings is 1. The van der Waals surface area contributed by atoms with Gasteiger partial charge in [0.1, 0.15) is 5.75 Å². The molecule has 0 amide bonds. The molecule has 2 aliphatic rings. The molecule has 2 aliphatic heterocycles. The fraction of sp³-hybridized carbons (Fsp3) is 0.471. The van der Waals surface area contributed by atoms with Crippen molar-refractivity contribution in [2.75, 3.05) is 19.7 Å². The Labute approximate surface area is 125 Å². The summed E-state index contributed by atoms with van der Waals surface area (Å²) in [7, 11) is 0. The lowest BCUT2D eigenvalue weighted by molar-refractivity contribution is -0.139. The Bertz CT molecular complexity index is 523. The normalized spacial score (nSPS) is 25.3. The summed E-state index contributed by atoms with van der Waals surface area (Å²) in [6, 6.07) is 7.33. The molecule has 4 heteroatoms. The van der Waals surface area contributed by atoms with Crippen LogP contribution in [0.15, 0.2) is 30.3 Å². The third-order valence-corrected chi connectivity index (χ3v) is 4.49. The molecule has 2 unspecified atom stereocenters. The molecule has 0 aromatic heterocycles. The second-order valence-corrected chi connectivity index (χ2v) is 5.85. The number of ether oxygens (including phenoxy) is 1. The first-order valence-corrected chi connectivity index (χ1v) is 7.60. The highest BCUT2D eigenvalue weighted by Gasteiger charge is 2.37. The fourth-order valence-electron chi connectivity index (χ4n) is 3.37. The van der Waals surface area contributed by atoms with Crippen molar-refractivity contribution in [3.05, 3.63) is 35.9 Å². The molecule has 0 saturated carbocycles. The molecule has 1 aromatic carbocycles. The van der Waals surface area contributed by atoms with Gasteiger partial charge in [-0.05, 0) is 56.1 Å². The van der Waals surface area contributed by atoms with E-state index in [9.17, 15) is 9.90 Å². The molecular weight excluding hydrogens is 266 g/mol.